The van der Waals surface area contributed by atoms with E-state index in [1.165, 1.54) is 30.4 Å². The molecule has 1 nitrogen and oxygen atoms in total. The highest BCUT2D eigenvalue weighted by atomic mass is 14.9. The van der Waals surface area contributed by atoms with Crippen LogP contribution in [0.25, 0.3) is 0 Å². The van der Waals surface area contributed by atoms with Gasteiger partial charge in [0.2, 0.25) is 0 Å². The third-order valence-electron chi connectivity index (χ3n) is 4.36. The fourth-order valence-corrected chi connectivity index (χ4v) is 2.35. The van der Waals surface area contributed by atoms with E-state index in [0.717, 1.165) is 5.92 Å². The van der Waals surface area contributed by atoms with Crippen LogP contribution in [0.4, 0.5) is 0 Å². The van der Waals surface area contributed by atoms with Gasteiger partial charge in [-0.05, 0) is 48.8 Å². The van der Waals surface area contributed by atoms with Gasteiger partial charge in [0.15, 0.2) is 0 Å². The van der Waals surface area contributed by atoms with E-state index in [1.807, 2.05) is 0 Å². The highest BCUT2D eigenvalue weighted by Crippen LogP contribution is 2.28. The Kier molecular flexibility index (Phi) is 6.06. The number of hydrogen-bond acceptors (Lipinski definition) is 1. The molecule has 1 heteroatoms. The Bertz CT molecular complexity index is 362. The smallest absolute Gasteiger partial charge is 0.0317 e. The van der Waals surface area contributed by atoms with Gasteiger partial charge in [-0.15, -0.1) is 0 Å². The molecule has 19 heavy (non-hydrogen) atoms. The van der Waals surface area contributed by atoms with E-state index in [-0.39, 0.29) is 5.41 Å². The van der Waals surface area contributed by atoms with Gasteiger partial charge in [0.25, 0.3) is 0 Å². The van der Waals surface area contributed by atoms with Crippen LogP contribution in [0, 0.1) is 5.92 Å². The largest absolute Gasteiger partial charge is 0.313 e. The van der Waals surface area contributed by atoms with Crippen molar-refractivity contribution in [2.75, 3.05) is 7.05 Å². The van der Waals surface area contributed by atoms with Crippen LogP contribution >= 0.6 is 0 Å². The average molecular weight is 261 g/mol. The molecule has 0 aliphatic heterocycles. The molecule has 0 amide bonds. The third-order valence-corrected chi connectivity index (χ3v) is 4.36. The van der Waals surface area contributed by atoms with Gasteiger partial charge in [-0.1, -0.05) is 58.9 Å². The highest BCUT2D eigenvalue weighted by molar-refractivity contribution is 5.29. The lowest BCUT2D eigenvalue weighted by molar-refractivity contribution is 0.464. The van der Waals surface area contributed by atoms with Crippen LogP contribution in [0.3, 0.4) is 0 Å². The summed E-state index contributed by atoms with van der Waals surface area (Å²) in [5, 5.41) is 3.45. The normalized spacial score (nSPS) is 13.8. The summed E-state index contributed by atoms with van der Waals surface area (Å²) < 4.78 is 0. The Morgan fingerprint density at radius 1 is 1.05 bits per heavy atom. The Morgan fingerprint density at radius 3 is 2.05 bits per heavy atom. The van der Waals surface area contributed by atoms with Crippen LogP contribution in [0.5, 0.6) is 0 Å². The topological polar surface area (TPSA) is 12.0 Å². The van der Waals surface area contributed by atoms with Crippen molar-refractivity contribution in [1.82, 2.24) is 5.32 Å². The standard InChI is InChI=1S/C18H31N/c1-7-18(4,5)16-11-9-15(10-12-16)17(19-6)13-8-14(2)3/h9-12,14,17,19H,7-8,13H2,1-6H3. The number of hydrogen-bond donors (Lipinski definition) is 1. The summed E-state index contributed by atoms with van der Waals surface area (Å²) >= 11 is 0. The van der Waals surface area contributed by atoms with Crippen molar-refractivity contribution < 1.29 is 0 Å². The van der Waals surface area contributed by atoms with Crippen LogP contribution in [0.15, 0.2) is 24.3 Å². The van der Waals surface area contributed by atoms with Crippen LogP contribution in [-0.2, 0) is 5.41 Å². The van der Waals surface area contributed by atoms with Gasteiger partial charge in [-0.25, -0.2) is 0 Å². The molecular formula is C18H31N. The first-order valence-electron chi connectivity index (χ1n) is 7.68. The van der Waals surface area contributed by atoms with Gasteiger partial charge in [0.05, 0.1) is 0 Å². The lowest BCUT2D eigenvalue weighted by Crippen LogP contribution is -2.18. The third kappa shape index (κ3) is 4.65. The van der Waals surface area contributed by atoms with Crippen LogP contribution in [0.2, 0.25) is 0 Å². The van der Waals surface area contributed by atoms with Gasteiger partial charge < -0.3 is 5.32 Å². The van der Waals surface area contributed by atoms with Gasteiger partial charge >= 0.3 is 0 Å². The van der Waals surface area contributed by atoms with Crippen molar-refractivity contribution >= 4 is 0 Å². The lowest BCUT2D eigenvalue weighted by atomic mass is 9.81. The molecule has 0 heterocycles. The zero-order chi connectivity index (χ0) is 14.5. The van der Waals surface area contributed by atoms with E-state index < -0.39 is 0 Å². The second-order valence-electron chi connectivity index (χ2n) is 6.67. The second kappa shape index (κ2) is 7.09. The summed E-state index contributed by atoms with van der Waals surface area (Å²) in [5.74, 6) is 0.772. The average Bonchev–Trinajstić information content (AvgIpc) is 2.39. The fourth-order valence-electron chi connectivity index (χ4n) is 2.35. The molecule has 1 N–H and O–H groups in total. The van der Waals surface area contributed by atoms with Crippen molar-refractivity contribution in [3.63, 3.8) is 0 Å². The fraction of sp³-hybridized carbons (Fsp3) is 0.667. The molecule has 0 aliphatic carbocycles. The maximum absolute atomic E-state index is 3.45. The number of benzene rings is 1. The van der Waals surface area contributed by atoms with Gasteiger partial charge in [0.1, 0.15) is 0 Å². The molecule has 0 radical (unpaired) electrons. The maximum atomic E-state index is 3.45. The summed E-state index contributed by atoms with van der Waals surface area (Å²) in [6, 6.07) is 9.70. The molecule has 0 spiro atoms. The maximum Gasteiger partial charge on any atom is 0.0317 e. The molecule has 0 saturated carbocycles. The zero-order valence-corrected chi connectivity index (χ0v) is 13.6. The van der Waals surface area contributed by atoms with Gasteiger partial charge in [-0.2, -0.15) is 0 Å². The molecule has 0 aromatic heterocycles. The molecule has 1 atom stereocenters. The first-order chi connectivity index (χ1) is 8.90. The van der Waals surface area contributed by atoms with Crippen LogP contribution < -0.4 is 5.32 Å². The molecule has 1 aromatic carbocycles. The molecular weight excluding hydrogens is 230 g/mol. The van der Waals surface area contributed by atoms with E-state index >= 15 is 0 Å². The lowest BCUT2D eigenvalue weighted by Gasteiger charge is -2.24. The minimum atomic E-state index is 0.283. The van der Waals surface area contributed by atoms with Gasteiger partial charge in [0, 0.05) is 6.04 Å². The Hall–Kier alpha value is -0.820. The highest BCUT2D eigenvalue weighted by Gasteiger charge is 2.18. The van der Waals surface area contributed by atoms with E-state index in [9.17, 15) is 0 Å². The second-order valence-corrected chi connectivity index (χ2v) is 6.67. The quantitative estimate of drug-likeness (QED) is 0.722. The van der Waals surface area contributed by atoms with Crippen molar-refractivity contribution in [3.05, 3.63) is 35.4 Å². The SMILES string of the molecule is CCC(C)(C)c1ccc(C(CCC(C)C)NC)cc1. The molecule has 1 rings (SSSR count). The van der Waals surface area contributed by atoms with Crippen LogP contribution in [-0.4, -0.2) is 7.05 Å². The van der Waals surface area contributed by atoms with Gasteiger partial charge in [-0.3, -0.25) is 0 Å². The van der Waals surface area contributed by atoms with Crippen molar-refractivity contribution in [1.29, 1.82) is 0 Å². The van der Waals surface area contributed by atoms with Crippen molar-refractivity contribution in [2.24, 2.45) is 5.92 Å². The summed E-state index contributed by atoms with van der Waals surface area (Å²) in [6.45, 7) is 11.5. The monoisotopic (exact) mass is 261 g/mol. The van der Waals surface area contributed by atoms with E-state index in [2.05, 4.69) is 71.2 Å². The summed E-state index contributed by atoms with van der Waals surface area (Å²) in [5.41, 5.74) is 3.14. The summed E-state index contributed by atoms with van der Waals surface area (Å²) in [7, 11) is 2.06. The molecule has 1 aromatic rings. The predicted octanol–water partition coefficient (Wildman–Crippen LogP) is 5.07. The first kappa shape index (κ1) is 16.2. The molecule has 0 fully saturated rings. The van der Waals surface area contributed by atoms with Crippen molar-refractivity contribution in [3.8, 4) is 0 Å². The summed E-state index contributed by atoms with van der Waals surface area (Å²) in [6.07, 6.45) is 3.66. The predicted molar refractivity (Wildman–Crippen MR) is 85.6 cm³/mol. The first-order valence-corrected chi connectivity index (χ1v) is 7.68. The summed E-state index contributed by atoms with van der Waals surface area (Å²) in [4.78, 5) is 0. The van der Waals surface area contributed by atoms with Crippen molar-refractivity contribution in [2.45, 2.75) is 65.3 Å². The molecule has 0 saturated heterocycles. The molecule has 0 bridgehead atoms. The molecule has 108 valence electrons. The minimum absolute atomic E-state index is 0.283. The Morgan fingerprint density at radius 2 is 1.63 bits per heavy atom. The van der Waals surface area contributed by atoms with E-state index in [4.69, 9.17) is 0 Å². The number of nitrogens with one attached hydrogen (secondary N) is 1. The van der Waals surface area contributed by atoms with Crippen LogP contribution in [0.1, 0.15) is 71.0 Å². The van der Waals surface area contributed by atoms with E-state index in [1.54, 1.807) is 0 Å². The number of rotatable bonds is 7. The van der Waals surface area contributed by atoms with E-state index in [0.29, 0.717) is 6.04 Å². The molecule has 0 aliphatic rings. The Balaban J connectivity index is 2.78. The zero-order valence-electron chi connectivity index (χ0n) is 13.6. The Labute approximate surface area is 119 Å². The molecule has 1 unspecified atom stereocenters. The minimum Gasteiger partial charge on any atom is -0.313 e.